The normalized spacial score (nSPS) is 22.1. The van der Waals surface area contributed by atoms with E-state index in [1.165, 1.54) is 11.3 Å². The summed E-state index contributed by atoms with van der Waals surface area (Å²) in [5, 5.41) is 12.8. The minimum absolute atomic E-state index is 0.238. The highest BCUT2D eigenvalue weighted by Crippen LogP contribution is 2.40. The molecule has 6 nitrogen and oxygen atoms in total. The van der Waals surface area contributed by atoms with Gasteiger partial charge in [0.1, 0.15) is 5.00 Å². The van der Waals surface area contributed by atoms with Crippen LogP contribution < -0.4 is 5.32 Å². The summed E-state index contributed by atoms with van der Waals surface area (Å²) in [5.74, 6) is -2.82. The zero-order chi connectivity index (χ0) is 18.8. The molecule has 0 saturated heterocycles. The molecule has 26 heavy (non-hydrogen) atoms. The zero-order valence-electron chi connectivity index (χ0n) is 15.2. The molecule has 2 aliphatic rings. The van der Waals surface area contributed by atoms with Gasteiger partial charge in [0, 0.05) is 4.88 Å². The van der Waals surface area contributed by atoms with Crippen LogP contribution in [0.15, 0.2) is 0 Å². The fourth-order valence-electron chi connectivity index (χ4n) is 3.93. The van der Waals surface area contributed by atoms with Gasteiger partial charge in [0.15, 0.2) is 0 Å². The first-order valence-electron chi connectivity index (χ1n) is 9.27. The smallest absolute Gasteiger partial charge is 0.341 e. The number of rotatable bonds is 5. The highest BCUT2D eigenvalue weighted by Gasteiger charge is 2.37. The first-order valence-corrected chi connectivity index (χ1v) is 10.1. The Morgan fingerprint density at radius 2 is 1.81 bits per heavy atom. The van der Waals surface area contributed by atoms with Crippen LogP contribution in [-0.2, 0) is 27.2 Å². The molecule has 1 saturated carbocycles. The largest absolute Gasteiger partial charge is 0.481 e. The van der Waals surface area contributed by atoms with E-state index in [0.717, 1.165) is 42.5 Å². The molecule has 2 atom stereocenters. The third-order valence-electron chi connectivity index (χ3n) is 5.12. The van der Waals surface area contributed by atoms with Gasteiger partial charge in [-0.25, -0.2) is 4.79 Å². The summed E-state index contributed by atoms with van der Waals surface area (Å²) < 4.78 is 5.37. The molecule has 2 unspecified atom stereocenters. The predicted molar refractivity (Wildman–Crippen MR) is 98.6 cm³/mol. The number of amides is 1. The van der Waals surface area contributed by atoms with Gasteiger partial charge in [0.25, 0.3) is 0 Å². The molecule has 7 heteroatoms. The number of nitrogens with one attached hydrogen (secondary N) is 1. The number of carbonyl (C=O) groups excluding carboxylic acids is 2. The molecule has 0 bridgehead atoms. The third kappa shape index (κ3) is 3.77. The molecule has 1 amide bonds. The van der Waals surface area contributed by atoms with Crippen LogP contribution in [0, 0.1) is 11.8 Å². The van der Waals surface area contributed by atoms with Crippen LogP contribution in [-0.4, -0.2) is 29.1 Å². The maximum Gasteiger partial charge on any atom is 0.341 e. The number of anilines is 1. The molecule has 3 rings (SSSR count). The fourth-order valence-corrected chi connectivity index (χ4v) is 5.21. The number of hydrogen-bond acceptors (Lipinski definition) is 5. The monoisotopic (exact) mass is 379 g/mol. The highest BCUT2D eigenvalue weighted by molar-refractivity contribution is 7.17. The minimum atomic E-state index is -0.919. The molecule has 0 radical (unpaired) electrons. The van der Waals surface area contributed by atoms with E-state index in [0.29, 0.717) is 23.4 Å². The molecule has 0 spiro atoms. The number of aliphatic carboxylic acids is 1. The Balaban J connectivity index is 1.84. The van der Waals surface area contributed by atoms with Crippen molar-refractivity contribution in [3.8, 4) is 0 Å². The number of fused-ring (bicyclic) bond motifs is 1. The topological polar surface area (TPSA) is 92.7 Å². The molecule has 1 aromatic rings. The number of esters is 1. The Labute approximate surface area is 156 Å². The summed E-state index contributed by atoms with van der Waals surface area (Å²) in [6, 6.07) is 0. The second kappa shape index (κ2) is 7.78. The van der Waals surface area contributed by atoms with Crippen molar-refractivity contribution in [1.29, 1.82) is 0 Å². The summed E-state index contributed by atoms with van der Waals surface area (Å²) in [5.41, 5.74) is 1.45. The van der Waals surface area contributed by atoms with Crippen LogP contribution in [0.3, 0.4) is 0 Å². The average molecular weight is 379 g/mol. The van der Waals surface area contributed by atoms with Gasteiger partial charge in [0.2, 0.25) is 5.91 Å². The zero-order valence-corrected chi connectivity index (χ0v) is 16.0. The number of thiophene rings is 1. The van der Waals surface area contributed by atoms with Crippen LogP contribution in [0.5, 0.6) is 0 Å². The highest BCUT2D eigenvalue weighted by atomic mass is 32.1. The van der Waals surface area contributed by atoms with Crippen molar-refractivity contribution in [1.82, 2.24) is 0 Å². The SMILES string of the molecule is CC(C)OC(=O)c1c(NC(=O)C2CCCCC2C(=O)O)sc2c1CCC2. The van der Waals surface area contributed by atoms with Crippen molar-refractivity contribution >= 4 is 34.2 Å². The van der Waals surface area contributed by atoms with Crippen molar-refractivity contribution in [3.05, 3.63) is 16.0 Å². The standard InChI is InChI=1S/C19H25NO5S/c1-10(2)25-19(24)15-13-8-5-9-14(13)26-17(15)20-16(21)11-6-3-4-7-12(11)18(22)23/h10-12H,3-9H2,1-2H3,(H,20,21)(H,22,23). The van der Waals surface area contributed by atoms with Crippen molar-refractivity contribution in [2.45, 2.75) is 64.9 Å². The van der Waals surface area contributed by atoms with Gasteiger partial charge in [-0.1, -0.05) is 12.8 Å². The molecule has 0 aromatic carbocycles. The summed E-state index contributed by atoms with van der Waals surface area (Å²) >= 11 is 1.43. The van der Waals surface area contributed by atoms with Crippen molar-refractivity contribution in [2.24, 2.45) is 11.8 Å². The molecular formula is C19H25NO5S. The van der Waals surface area contributed by atoms with Gasteiger partial charge in [-0.05, 0) is 51.5 Å². The van der Waals surface area contributed by atoms with E-state index in [4.69, 9.17) is 4.74 Å². The van der Waals surface area contributed by atoms with Gasteiger partial charge in [0.05, 0.1) is 23.5 Å². The first-order chi connectivity index (χ1) is 12.4. The van der Waals surface area contributed by atoms with E-state index < -0.39 is 23.8 Å². The van der Waals surface area contributed by atoms with Crippen LogP contribution in [0.25, 0.3) is 0 Å². The Morgan fingerprint density at radius 1 is 1.12 bits per heavy atom. The van der Waals surface area contributed by atoms with E-state index in [2.05, 4.69) is 5.32 Å². The lowest BCUT2D eigenvalue weighted by Gasteiger charge is -2.27. The number of ether oxygens (including phenoxy) is 1. The number of aryl methyl sites for hydroxylation is 1. The summed E-state index contributed by atoms with van der Waals surface area (Å²) in [4.78, 5) is 38.0. The number of carboxylic acids is 1. The Morgan fingerprint density at radius 3 is 2.46 bits per heavy atom. The predicted octanol–water partition coefficient (Wildman–Crippen LogP) is 3.63. The summed E-state index contributed by atoms with van der Waals surface area (Å²) in [6.45, 7) is 3.59. The molecule has 0 aliphatic heterocycles. The van der Waals surface area contributed by atoms with Crippen LogP contribution in [0.2, 0.25) is 0 Å². The van der Waals surface area contributed by atoms with Crippen LogP contribution in [0.1, 0.15) is 66.8 Å². The maximum absolute atomic E-state index is 12.8. The number of carbonyl (C=O) groups is 3. The van der Waals surface area contributed by atoms with Crippen LogP contribution in [0.4, 0.5) is 5.00 Å². The molecule has 142 valence electrons. The van der Waals surface area contributed by atoms with Gasteiger partial charge >= 0.3 is 11.9 Å². The number of carboxylic acid groups (broad SMARTS) is 1. The van der Waals surface area contributed by atoms with E-state index >= 15 is 0 Å². The van der Waals surface area contributed by atoms with Crippen molar-refractivity contribution in [3.63, 3.8) is 0 Å². The Bertz CT molecular complexity index is 724. The first kappa shape index (κ1) is 18.9. The second-order valence-corrected chi connectivity index (χ2v) is 8.45. The molecule has 2 N–H and O–H groups in total. The quantitative estimate of drug-likeness (QED) is 0.762. The summed E-state index contributed by atoms with van der Waals surface area (Å²) in [6.07, 6.45) is 5.25. The molecule has 1 aromatic heterocycles. The maximum atomic E-state index is 12.8. The Hall–Kier alpha value is -1.89. The van der Waals surface area contributed by atoms with E-state index in [-0.39, 0.29) is 12.0 Å². The molecule has 2 aliphatic carbocycles. The lowest BCUT2D eigenvalue weighted by Crippen LogP contribution is -2.36. The van der Waals surface area contributed by atoms with E-state index in [1.807, 2.05) is 0 Å². The minimum Gasteiger partial charge on any atom is -0.481 e. The van der Waals surface area contributed by atoms with Crippen LogP contribution >= 0.6 is 11.3 Å². The van der Waals surface area contributed by atoms with Gasteiger partial charge in [-0.2, -0.15) is 0 Å². The average Bonchev–Trinajstić information content (AvgIpc) is 3.14. The van der Waals surface area contributed by atoms with Crippen molar-refractivity contribution in [2.75, 3.05) is 5.32 Å². The second-order valence-electron chi connectivity index (χ2n) is 7.34. The lowest BCUT2D eigenvalue weighted by atomic mass is 9.79. The fraction of sp³-hybridized carbons (Fsp3) is 0.632. The molecular weight excluding hydrogens is 354 g/mol. The van der Waals surface area contributed by atoms with E-state index in [1.54, 1.807) is 13.8 Å². The van der Waals surface area contributed by atoms with Crippen molar-refractivity contribution < 1.29 is 24.2 Å². The van der Waals surface area contributed by atoms with E-state index in [9.17, 15) is 19.5 Å². The summed E-state index contributed by atoms with van der Waals surface area (Å²) in [7, 11) is 0. The Kier molecular flexibility index (Phi) is 5.65. The molecule has 1 fully saturated rings. The van der Waals surface area contributed by atoms with Gasteiger partial charge in [-0.3, -0.25) is 9.59 Å². The van der Waals surface area contributed by atoms with Gasteiger partial charge < -0.3 is 15.2 Å². The lowest BCUT2D eigenvalue weighted by molar-refractivity contribution is -0.147. The van der Waals surface area contributed by atoms with Gasteiger partial charge in [-0.15, -0.1) is 11.3 Å². The third-order valence-corrected chi connectivity index (χ3v) is 6.33. The number of hydrogen-bond donors (Lipinski definition) is 2. The molecule has 1 heterocycles.